The quantitative estimate of drug-likeness (QED) is 0.407. The summed E-state index contributed by atoms with van der Waals surface area (Å²) in [5.41, 5.74) is 8.17. The first-order valence-electron chi connectivity index (χ1n) is 8.25. The van der Waals surface area contributed by atoms with Crippen LogP contribution in [0.1, 0.15) is 43.1 Å². The summed E-state index contributed by atoms with van der Waals surface area (Å²) in [6, 6.07) is 8.14. The van der Waals surface area contributed by atoms with Crippen LogP contribution in [0, 0.1) is 6.92 Å². The molecular formula is C17H24IN5O2. The molecule has 0 spiro atoms. The summed E-state index contributed by atoms with van der Waals surface area (Å²) >= 11 is 0. The van der Waals surface area contributed by atoms with Crippen LogP contribution >= 0.6 is 24.0 Å². The minimum Gasteiger partial charge on any atom is -0.370 e. The lowest BCUT2D eigenvalue weighted by Gasteiger charge is -2.10. The van der Waals surface area contributed by atoms with Crippen molar-refractivity contribution in [3.63, 3.8) is 0 Å². The number of hydrogen-bond donors (Lipinski definition) is 2. The van der Waals surface area contributed by atoms with Crippen LogP contribution in [-0.2, 0) is 11.2 Å². The van der Waals surface area contributed by atoms with Crippen LogP contribution in [0.3, 0.4) is 0 Å². The lowest BCUT2D eigenvalue weighted by molar-refractivity contribution is 0.0309. The van der Waals surface area contributed by atoms with E-state index in [1.165, 1.54) is 5.56 Å². The van der Waals surface area contributed by atoms with Crippen LogP contribution in [0.15, 0.2) is 33.8 Å². The minimum atomic E-state index is -0.137. The Labute approximate surface area is 164 Å². The largest absolute Gasteiger partial charge is 0.370 e. The summed E-state index contributed by atoms with van der Waals surface area (Å²) < 4.78 is 11.1. The number of aryl methyl sites for hydroxylation is 2. The average Bonchev–Trinajstić information content (AvgIpc) is 3.22. The van der Waals surface area contributed by atoms with Crippen LogP contribution < -0.4 is 11.1 Å². The highest BCUT2D eigenvalue weighted by atomic mass is 127. The number of aliphatic imine (C=N–C) groups is 1. The van der Waals surface area contributed by atoms with E-state index in [4.69, 9.17) is 15.0 Å². The van der Waals surface area contributed by atoms with Crippen molar-refractivity contribution in [3.8, 4) is 0 Å². The molecule has 2 heterocycles. The van der Waals surface area contributed by atoms with E-state index in [-0.39, 0.29) is 36.2 Å². The Bertz CT molecular complexity index is 719. The van der Waals surface area contributed by atoms with Crippen LogP contribution in [0.2, 0.25) is 0 Å². The third-order valence-corrected chi connectivity index (χ3v) is 4.00. The zero-order chi connectivity index (χ0) is 16.9. The predicted octanol–water partition coefficient (Wildman–Crippen LogP) is 3.21. The maximum atomic E-state index is 5.97. The van der Waals surface area contributed by atoms with Crippen molar-refractivity contribution < 1.29 is 9.26 Å². The van der Waals surface area contributed by atoms with Crippen molar-refractivity contribution in [3.05, 3.63) is 41.5 Å². The van der Waals surface area contributed by atoms with Gasteiger partial charge in [-0.25, -0.2) is 0 Å². The maximum Gasteiger partial charge on any atom is 0.255 e. The maximum absolute atomic E-state index is 5.97. The summed E-state index contributed by atoms with van der Waals surface area (Å²) in [6.45, 7) is 4.43. The molecule has 25 heavy (non-hydrogen) atoms. The van der Waals surface area contributed by atoms with Gasteiger partial charge in [-0.3, -0.25) is 4.99 Å². The molecular weight excluding hydrogens is 433 g/mol. The number of aromatic nitrogens is 2. The van der Waals surface area contributed by atoms with Crippen molar-refractivity contribution in [1.29, 1.82) is 0 Å². The first-order valence-corrected chi connectivity index (χ1v) is 8.25. The highest BCUT2D eigenvalue weighted by molar-refractivity contribution is 14.0. The molecule has 2 aromatic rings. The van der Waals surface area contributed by atoms with E-state index in [0.717, 1.165) is 24.9 Å². The molecule has 3 N–H and O–H groups in total. The number of rotatable bonds is 5. The van der Waals surface area contributed by atoms with Crippen LogP contribution in [0.4, 0.5) is 5.69 Å². The Morgan fingerprint density at radius 1 is 1.40 bits per heavy atom. The lowest BCUT2D eigenvalue weighted by atomic mass is 10.1. The molecule has 3 rings (SSSR count). The van der Waals surface area contributed by atoms with Gasteiger partial charge < -0.3 is 20.3 Å². The number of benzene rings is 1. The normalized spacial score (nSPS) is 20.3. The molecule has 2 atom stereocenters. The molecule has 0 saturated carbocycles. The van der Waals surface area contributed by atoms with Crippen molar-refractivity contribution in [2.24, 2.45) is 10.7 Å². The van der Waals surface area contributed by atoms with Gasteiger partial charge in [-0.15, -0.1) is 24.0 Å². The standard InChI is InChI=1S/C17H23N5O2.HI/c1-3-12-5-4-6-13(9-12)21-17(18)19-10-14-7-8-15(23-14)16-20-11(2)22-24-16;/h4-6,9,14-15H,3,7-8,10H2,1-2H3,(H3,18,19,21);1H/t14-,15+;/m1./s1. The molecule has 0 unspecified atom stereocenters. The SMILES string of the molecule is CCc1cccc(NC(N)=NC[C@H]2CC[C@@H](c3nc(C)no3)O2)c1.I. The molecule has 1 aromatic carbocycles. The number of guanidine groups is 1. The van der Waals surface area contributed by atoms with Crippen LogP contribution in [0.25, 0.3) is 0 Å². The molecule has 1 saturated heterocycles. The Kier molecular flexibility index (Phi) is 7.18. The summed E-state index contributed by atoms with van der Waals surface area (Å²) in [6.07, 6.45) is 2.62. The van der Waals surface area contributed by atoms with E-state index in [1.807, 2.05) is 12.1 Å². The number of ether oxygens (including phenoxy) is 1. The van der Waals surface area contributed by atoms with Crippen LogP contribution in [0.5, 0.6) is 0 Å². The van der Waals surface area contributed by atoms with E-state index in [2.05, 4.69) is 39.5 Å². The van der Waals surface area contributed by atoms with E-state index < -0.39 is 0 Å². The Morgan fingerprint density at radius 3 is 2.96 bits per heavy atom. The molecule has 0 bridgehead atoms. The molecule has 7 nitrogen and oxygen atoms in total. The second kappa shape index (κ2) is 9.14. The Morgan fingerprint density at radius 2 is 2.24 bits per heavy atom. The van der Waals surface area contributed by atoms with E-state index in [0.29, 0.717) is 24.2 Å². The number of nitrogens with zero attached hydrogens (tertiary/aromatic N) is 3. The van der Waals surface area contributed by atoms with Gasteiger partial charge in [-0.1, -0.05) is 24.2 Å². The number of hydrogen-bond acceptors (Lipinski definition) is 5. The van der Waals surface area contributed by atoms with Crippen molar-refractivity contribution in [2.45, 2.75) is 45.3 Å². The van der Waals surface area contributed by atoms with E-state index in [9.17, 15) is 0 Å². The zero-order valence-corrected chi connectivity index (χ0v) is 16.8. The summed E-state index contributed by atoms with van der Waals surface area (Å²) in [4.78, 5) is 8.60. The third kappa shape index (κ3) is 5.40. The average molecular weight is 457 g/mol. The fraction of sp³-hybridized carbons (Fsp3) is 0.471. The smallest absolute Gasteiger partial charge is 0.255 e. The number of nitrogens with two attached hydrogens (primary N) is 1. The Balaban J connectivity index is 0.00000225. The zero-order valence-electron chi connectivity index (χ0n) is 14.4. The van der Waals surface area contributed by atoms with Crippen molar-refractivity contribution in [2.75, 3.05) is 11.9 Å². The topological polar surface area (TPSA) is 98.6 Å². The van der Waals surface area contributed by atoms with Gasteiger partial charge in [0, 0.05) is 5.69 Å². The Hall–Kier alpha value is -1.68. The molecule has 1 fully saturated rings. The second-order valence-corrected chi connectivity index (χ2v) is 5.91. The first-order chi connectivity index (χ1) is 11.6. The fourth-order valence-electron chi connectivity index (χ4n) is 2.72. The highest BCUT2D eigenvalue weighted by Gasteiger charge is 2.30. The summed E-state index contributed by atoms with van der Waals surface area (Å²) in [5.74, 6) is 1.56. The summed E-state index contributed by atoms with van der Waals surface area (Å²) in [5, 5.41) is 6.92. The van der Waals surface area contributed by atoms with Gasteiger partial charge in [-0.2, -0.15) is 4.98 Å². The summed E-state index contributed by atoms with van der Waals surface area (Å²) in [7, 11) is 0. The number of anilines is 1. The second-order valence-electron chi connectivity index (χ2n) is 5.91. The number of halogens is 1. The third-order valence-electron chi connectivity index (χ3n) is 4.00. The lowest BCUT2D eigenvalue weighted by Crippen LogP contribution is -2.24. The molecule has 1 aromatic heterocycles. The van der Waals surface area contributed by atoms with Gasteiger partial charge in [0.05, 0.1) is 12.6 Å². The van der Waals surface area contributed by atoms with Gasteiger partial charge >= 0.3 is 0 Å². The monoisotopic (exact) mass is 457 g/mol. The minimum absolute atomic E-state index is 0. The molecule has 1 aliphatic heterocycles. The number of nitrogens with one attached hydrogen (secondary N) is 1. The molecule has 8 heteroatoms. The van der Waals surface area contributed by atoms with E-state index in [1.54, 1.807) is 6.92 Å². The molecule has 1 aliphatic rings. The molecule has 136 valence electrons. The predicted molar refractivity (Wildman–Crippen MR) is 107 cm³/mol. The van der Waals surface area contributed by atoms with E-state index >= 15 is 0 Å². The highest BCUT2D eigenvalue weighted by Crippen LogP contribution is 2.31. The van der Waals surface area contributed by atoms with Crippen molar-refractivity contribution >= 4 is 35.6 Å². The van der Waals surface area contributed by atoms with Gasteiger partial charge in [-0.05, 0) is 43.9 Å². The molecule has 0 amide bonds. The van der Waals surface area contributed by atoms with Gasteiger partial charge in [0.25, 0.3) is 5.89 Å². The molecule has 0 aliphatic carbocycles. The first kappa shape index (κ1) is 19.6. The van der Waals surface area contributed by atoms with Gasteiger partial charge in [0.15, 0.2) is 11.8 Å². The van der Waals surface area contributed by atoms with Crippen molar-refractivity contribution in [1.82, 2.24) is 10.1 Å². The fourth-order valence-corrected chi connectivity index (χ4v) is 2.72. The molecule has 0 radical (unpaired) electrons. The van der Waals surface area contributed by atoms with Gasteiger partial charge in [0.2, 0.25) is 0 Å². The van der Waals surface area contributed by atoms with Crippen LogP contribution in [-0.4, -0.2) is 28.7 Å². The van der Waals surface area contributed by atoms with Gasteiger partial charge in [0.1, 0.15) is 6.10 Å².